The third-order valence-corrected chi connectivity index (χ3v) is 4.07. The highest BCUT2D eigenvalue weighted by atomic mass is 35.5. The van der Waals surface area contributed by atoms with Crippen molar-refractivity contribution < 1.29 is 9.53 Å². The zero-order valence-electron chi connectivity index (χ0n) is 11.1. The first-order valence-corrected chi connectivity index (χ1v) is 7.16. The summed E-state index contributed by atoms with van der Waals surface area (Å²) in [7, 11) is 0. The Hall–Kier alpha value is -1.32. The van der Waals surface area contributed by atoms with Crippen LogP contribution in [0.15, 0.2) is 24.3 Å². The summed E-state index contributed by atoms with van der Waals surface area (Å²) in [5.74, 6) is 0.541. The highest BCUT2D eigenvalue weighted by Gasteiger charge is 2.13. The highest BCUT2D eigenvalue weighted by Crippen LogP contribution is 2.26. The standard InChI is InChI=1S/C15H15ClO2S/c1-9-4-5-13(16)15(6-9)18-8-14(17)12-7-10(2)19-11(12)3/h4-7H,8H2,1-3H3. The molecule has 0 bridgehead atoms. The molecule has 0 spiro atoms. The van der Waals surface area contributed by atoms with Crippen molar-refractivity contribution in [3.8, 4) is 5.75 Å². The Morgan fingerprint density at radius 2 is 2.00 bits per heavy atom. The Morgan fingerprint density at radius 3 is 2.63 bits per heavy atom. The summed E-state index contributed by atoms with van der Waals surface area (Å²) in [5, 5.41) is 0.525. The number of hydrogen-bond acceptors (Lipinski definition) is 3. The lowest BCUT2D eigenvalue weighted by Gasteiger charge is -2.08. The van der Waals surface area contributed by atoms with Crippen molar-refractivity contribution >= 4 is 28.7 Å². The van der Waals surface area contributed by atoms with Crippen molar-refractivity contribution in [2.45, 2.75) is 20.8 Å². The molecule has 4 heteroatoms. The van der Waals surface area contributed by atoms with Gasteiger partial charge in [-0.2, -0.15) is 0 Å². The van der Waals surface area contributed by atoms with Crippen LogP contribution >= 0.6 is 22.9 Å². The molecular formula is C15H15ClO2S. The predicted molar refractivity (Wildman–Crippen MR) is 79.8 cm³/mol. The van der Waals surface area contributed by atoms with Crippen LogP contribution < -0.4 is 4.74 Å². The molecule has 0 N–H and O–H groups in total. The van der Waals surface area contributed by atoms with E-state index in [0.29, 0.717) is 10.8 Å². The zero-order valence-corrected chi connectivity index (χ0v) is 12.7. The molecule has 100 valence electrons. The normalized spacial score (nSPS) is 10.5. The van der Waals surface area contributed by atoms with Crippen molar-refractivity contribution in [1.29, 1.82) is 0 Å². The van der Waals surface area contributed by atoms with Gasteiger partial charge in [0, 0.05) is 15.3 Å². The van der Waals surface area contributed by atoms with Crippen LogP contribution in [0, 0.1) is 20.8 Å². The fraction of sp³-hybridized carbons (Fsp3) is 0.267. The predicted octanol–water partition coefficient (Wildman–Crippen LogP) is 4.59. The molecule has 0 atom stereocenters. The van der Waals surface area contributed by atoms with Crippen LogP contribution in [0.1, 0.15) is 25.7 Å². The summed E-state index contributed by atoms with van der Waals surface area (Å²) in [4.78, 5) is 14.2. The summed E-state index contributed by atoms with van der Waals surface area (Å²) in [6.45, 7) is 5.91. The molecule has 0 amide bonds. The number of aryl methyl sites for hydroxylation is 3. The van der Waals surface area contributed by atoms with Crippen molar-refractivity contribution in [3.63, 3.8) is 0 Å². The molecule has 0 aliphatic carbocycles. The first-order chi connectivity index (χ1) is 8.97. The first-order valence-electron chi connectivity index (χ1n) is 5.96. The summed E-state index contributed by atoms with van der Waals surface area (Å²) in [6, 6.07) is 7.42. The fourth-order valence-electron chi connectivity index (χ4n) is 1.85. The minimum atomic E-state index is -0.0144. The summed E-state index contributed by atoms with van der Waals surface area (Å²) in [6.07, 6.45) is 0. The van der Waals surface area contributed by atoms with E-state index in [-0.39, 0.29) is 12.4 Å². The summed E-state index contributed by atoms with van der Waals surface area (Å²) in [5.41, 5.74) is 1.79. The number of Topliss-reactive ketones (excluding diaryl/α,β-unsaturated/α-hetero) is 1. The van der Waals surface area contributed by atoms with Crippen LogP contribution in [0.4, 0.5) is 0 Å². The Labute approximate surface area is 122 Å². The average molecular weight is 295 g/mol. The third kappa shape index (κ3) is 3.37. The highest BCUT2D eigenvalue weighted by molar-refractivity contribution is 7.12. The van der Waals surface area contributed by atoms with Gasteiger partial charge in [-0.3, -0.25) is 4.79 Å². The van der Waals surface area contributed by atoms with Gasteiger partial charge in [0.05, 0.1) is 5.02 Å². The molecule has 1 heterocycles. The van der Waals surface area contributed by atoms with E-state index in [2.05, 4.69) is 0 Å². The minimum absolute atomic E-state index is 0.0141. The molecule has 2 aromatic rings. The van der Waals surface area contributed by atoms with E-state index in [1.165, 1.54) is 0 Å². The third-order valence-electron chi connectivity index (χ3n) is 2.79. The Kier molecular flexibility index (Phi) is 4.27. The summed E-state index contributed by atoms with van der Waals surface area (Å²) >= 11 is 7.65. The van der Waals surface area contributed by atoms with Gasteiger partial charge in [-0.1, -0.05) is 17.7 Å². The van der Waals surface area contributed by atoms with E-state index >= 15 is 0 Å². The topological polar surface area (TPSA) is 26.3 Å². The van der Waals surface area contributed by atoms with E-state index in [1.807, 2.05) is 39.0 Å². The molecule has 2 nitrogen and oxygen atoms in total. The van der Waals surface area contributed by atoms with Gasteiger partial charge in [0.15, 0.2) is 6.61 Å². The second-order valence-electron chi connectivity index (χ2n) is 4.47. The maximum Gasteiger partial charge on any atom is 0.201 e. The van der Waals surface area contributed by atoms with Gasteiger partial charge in [0.2, 0.25) is 5.78 Å². The van der Waals surface area contributed by atoms with Crippen LogP contribution in [0.3, 0.4) is 0 Å². The summed E-state index contributed by atoms with van der Waals surface area (Å²) < 4.78 is 5.52. The molecule has 0 fully saturated rings. The molecule has 1 aromatic carbocycles. The van der Waals surface area contributed by atoms with Gasteiger partial charge in [-0.15, -0.1) is 11.3 Å². The van der Waals surface area contributed by atoms with Crippen LogP contribution in [-0.2, 0) is 0 Å². The van der Waals surface area contributed by atoms with Gasteiger partial charge in [-0.05, 0) is 44.5 Å². The number of ketones is 1. The number of benzene rings is 1. The number of thiophene rings is 1. The van der Waals surface area contributed by atoms with Crippen LogP contribution in [0.25, 0.3) is 0 Å². The number of ether oxygens (including phenoxy) is 1. The van der Waals surface area contributed by atoms with E-state index < -0.39 is 0 Å². The van der Waals surface area contributed by atoms with Crippen molar-refractivity contribution in [3.05, 3.63) is 50.2 Å². The van der Waals surface area contributed by atoms with Crippen LogP contribution in [-0.4, -0.2) is 12.4 Å². The van der Waals surface area contributed by atoms with E-state index in [9.17, 15) is 4.79 Å². The molecule has 0 unspecified atom stereocenters. The van der Waals surface area contributed by atoms with Crippen molar-refractivity contribution in [2.24, 2.45) is 0 Å². The maximum absolute atomic E-state index is 12.1. The second kappa shape index (κ2) is 5.76. The molecule has 0 radical (unpaired) electrons. The largest absolute Gasteiger partial charge is 0.484 e. The van der Waals surface area contributed by atoms with Crippen LogP contribution in [0.2, 0.25) is 5.02 Å². The lowest BCUT2D eigenvalue weighted by Crippen LogP contribution is -2.12. The molecule has 2 rings (SSSR count). The molecule has 0 aliphatic rings. The monoisotopic (exact) mass is 294 g/mol. The van der Waals surface area contributed by atoms with E-state index in [1.54, 1.807) is 17.4 Å². The fourth-order valence-corrected chi connectivity index (χ4v) is 2.96. The number of hydrogen-bond donors (Lipinski definition) is 0. The number of carbonyl (C=O) groups excluding carboxylic acids is 1. The average Bonchev–Trinajstić information content (AvgIpc) is 2.69. The molecule has 0 saturated carbocycles. The van der Waals surface area contributed by atoms with Gasteiger partial charge in [-0.25, -0.2) is 0 Å². The molecule has 19 heavy (non-hydrogen) atoms. The van der Waals surface area contributed by atoms with Gasteiger partial charge < -0.3 is 4.74 Å². The molecule has 1 aromatic heterocycles. The minimum Gasteiger partial charge on any atom is -0.484 e. The number of carbonyl (C=O) groups is 1. The molecular weight excluding hydrogens is 280 g/mol. The zero-order chi connectivity index (χ0) is 14.0. The molecule has 0 aliphatic heterocycles. The number of halogens is 1. The van der Waals surface area contributed by atoms with Crippen molar-refractivity contribution in [2.75, 3.05) is 6.61 Å². The first kappa shape index (κ1) is 14.1. The lowest BCUT2D eigenvalue weighted by molar-refractivity contribution is 0.0921. The van der Waals surface area contributed by atoms with E-state index in [0.717, 1.165) is 20.9 Å². The maximum atomic E-state index is 12.1. The SMILES string of the molecule is Cc1ccc(Cl)c(OCC(=O)c2cc(C)sc2C)c1. The smallest absolute Gasteiger partial charge is 0.201 e. The van der Waals surface area contributed by atoms with Gasteiger partial charge >= 0.3 is 0 Å². The Balaban J connectivity index is 2.08. The lowest BCUT2D eigenvalue weighted by atomic mass is 10.2. The number of rotatable bonds is 4. The van der Waals surface area contributed by atoms with Crippen LogP contribution in [0.5, 0.6) is 5.75 Å². The quantitative estimate of drug-likeness (QED) is 0.771. The second-order valence-corrected chi connectivity index (χ2v) is 6.34. The molecule has 0 saturated heterocycles. The van der Waals surface area contributed by atoms with Crippen molar-refractivity contribution in [1.82, 2.24) is 0 Å². The Bertz CT molecular complexity index is 617. The van der Waals surface area contributed by atoms with Gasteiger partial charge in [0.25, 0.3) is 0 Å². The van der Waals surface area contributed by atoms with Gasteiger partial charge in [0.1, 0.15) is 5.75 Å². The Morgan fingerprint density at radius 1 is 1.26 bits per heavy atom. The van der Waals surface area contributed by atoms with E-state index in [4.69, 9.17) is 16.3 Å².